The summed E-state index contributed by atoms with van der Waals surface area (Å²) in [5, 5.41) is 0. The third-order valence-electron chi connectivity index (χ3n) is 3.57. The van der Waals surface area contributed by atoms with Crippen molar-refractivity contribution < 1.29 is 4.79 Å². The van der Waals surface area contributed by atoms with Gasteiger partial charge in [-0.05, 0) is 45.0 Å². The van der Waals surface area contributed by atoms with Crippen LogP contribution in [0.5, 0.6) is 0 Å². The molecule has 0 N–H and O–H groups in total. The number of aryl methyl sites for hydroxylation is 2. The van der Waals surface area contributed by atoms with Gasteiger partial charge in [0.25, 0.3) is 5.91 Å². The Kier molecular flexibility index (Phi) is 4.28. The molecule has 1 aromatic heterocycles. The van der Waals surface area contributed by atoms with Crippen LogP contribution in [0, 0.1) is 6.92 Å². The van der Waals surface area contributed by atoms with Crippen LogP contribution in [0.1, 0.15) is 35.5 Å². The molecular formula is C17H22N2O. The third kappa shape index (κ3) is 3.10. The maximum absolute atomic E-state index is 12.7. The summed E-state index contributed by atoms with van der Waals surface area (Å²) in [4.78, 5) is 14.6. The van der Waals surface area contributed by atoms with Crippen LogP contribution < -0.4 is 0 Å². The van der Waals surface area contributed by atoms with Crippen molar-refractivity contribution in [3.05, 3.63) is 59.4 Å². The van der Waals surface area contributed by atoms with Gasteiger partial charge >= 0.3 is 0 Å². The zero-order chi connectivity index (χ0) is 14.7. The summed E-state index contributed by atoms with van der Waals surface area (Å²) in [6.45, 7) is 6.76. The molecule has 0 fully saturated rings. The lowest BCUT2D eigenvalue weighted by atomic mass is 10.1. The van der Waals surface area contributed by atoms with E-state index in [2.05, 4.69) is 24.5 Å². The van der Waals surface area contributed by atoms with E-state index in [4.69, 9.17) is 0 Å². The summed E-state index contributed by atoms with van der Waals surface area (Å²) in [7, 11) is 2.00. The van der Waals surface area contributed by atoms with E-state index < -0.39 is 0 Å². The van der Waals surface area contributed by atoms with Crippen LogP contribution in [0.2, 0.25) is 0 Å². The van der Waals surface area contributed by atoms with Gasteiger partial charge in [0.2, 0.25) is 0 Å². The van der Waals surface area contributed by atoms with E-state index in [0.29, 0.717) is 6.54 Å². The van der Waals surface area contributed by atoms with Crippen LogP contribution in [-0.2, 0) is 13.6 Å². The number of nitrogens with zero attached hydrogens (tertiary/aromatic N) is 2. The highest BCUT2D eigenvalue weighted by Gasteiger charge is 2.19. The molecule has 3 nitrogen and oxygen atoms in total. The molecule has 0 radical (unpaired) electrons. The molecule has 1 aromatic carbocycles. The molecular weight excluding hydrogens is 248 g/mol. The lowest BCUT2D eigenvalue weighted by Crippen LogP contribution is -2.36. The zero-order valence-corrected chi connectivity index (χ0v) is 12.6. The largest absolute Gasteiger partial charge is 0.353 e. The van der Waals surface area contributed by atoms with Crippen molar-refractivity contribution in [2.45, 2.75) is 33.4 Å². The van der Waals surface area contributed by atoms with Gasteiger partial charge in [0, 0.05) is 30.5 Å². The first-order chi connectivity index (χ1) is 9.49. The van der Waals surface area contributed by atoms with Crippen molar-refractivity contribution in [3.63, 3.8) is 0 Å². The third-order valence-corrected chi connectivity index (χ3v) is 3.57. The lowest BCUT2D eigenvalue weighted by molar-refractivity contribution is 0.0686. The van der Waals surface area contributed by atoms with Crippen molar-refractivity contribution >= 4 is 5.91 Å². The topological polar surface area (TPSA) is 25.2 Å². The molecule has 0 saturated carbocycles. The first-order valence-corrected chi connectivity index (χ1v) is 6.97. The number of carbonyl (C=O) groups excluding carboxylic acids is 1. The first-order valence-electron chi connectivity index (χ1n) is 6.97. The summed E-state index contributed by atoms with van der Waals surface area (Å²) >= 11 is 0. The molecule has 0 bridgehead atoms. The molecule has 1 amide bonds. The number of hydrogen-bond donors (Lipinski definition) is 0. The Bertz CT molecular complexity index is 581. The highest BCUT2D eigenvalue weighted by atomic mass is 16.2. The Morgan fingerprint density at radius 2 is 1.85 bits per heavy atom. The van der Waals surface area contributed by atoms with Crippen LogP contribution in [-0.4, -0.2) is 21.4 Å². The lowest BCUT2D eigenvalue weighted by Gasteiger charge is -2.27. The SMILES string of the molecule is Cc1ccc(C(=O)N(Cc2cccn2C)C(C)C)cc1. The summed E-state index contributed by atoms with van der Waals surface area (Å²) in [5.41, 5.74) is 3.05. The van der Waals surface area contributed by atoms with E-state index in [9.17, 15) is 4.79 Å². The Balaban J connectivity index is 2.22. The fraction of sp³-hybridized carbons (Fsp3) is 0.353. The quantitative estimate of drug-likeness (QED) is 0.836. The number of rotatable bonds is 4. The normalized spacial score (nSPS) is 10.8. The van der Waals surface area contributed by atoms with Crippen molar-refractivity contribution in [2.24, 2.45) is 7.05 Å². The maximum atomic E-state index is 12.7. The summed E-state index contributed by atoms with van der Waals surface area (Å²) in [5.74, 6) is 0.0844. The van der Waals surface area contributed by atoms with Gasteiger partial charge in [-0.3, -0.25) is 4.79 Å². The molecule has 2 aromatic rings. The van der Waals surface area contributed by atoms with Crippen molar-refractivity contribution in [1.82, 2.24) is 9.47 Å². The average Bonchev–Trinajstić information content (AvgIpc) is 2.81. The molecule has 0 unspecified atom stereocenters. The second kappa shape index (κ2) is 5.95. The van der Waals surface area contributed by atoms with Gasteiger partial charge < -0.3 is 9.47 Å². The first kappa shape index (κ1) is 14.4. The van der Waals surface area contributed by atoms with Crippen LogP contribution >= 0.6 is 0 Å². The second-order valence-corrected chi connectivity index (χ2v) is 5.50. The van der Waals surface area contributed by atoms with E-state index in [0.717, 1.165) is 11.3 Å². The Hall–Kier alpha value is -2.03. The van der Waals surface area contributed by atoms with Gasteiger partial charge in [0.1, 0.15) is 0 Å². The average molecular weight is 270 g/mol. The Morgan fingerprint density at radius 3 is 2.35 bits per heavy atom. The fourth-order valence-electron chi connectivity index (χ4n) is 2.19. The maximum Gasteiger partial charge on any atom is 0.254 e. The standard InChI is InChI=1S/C17H22N2O/c1-13(2)19(12-16-6-5-11-18(16)4)17(20)15-9-7-14(3)8-10-15/h5-11,13H,12H2,1-4H3. The van der Waals surface area contributed by atoms with Gasteiger partial charge in [0.05, 0.1) is 6.54 Å². The van der Waals surface area contributed by atoms with Crippen molar-refractivity contribution in [2.75, 3.05) is 0 Å². The monoisotopic (exact) mass is 270 g/mol. The summed E-state index contributed by atoms with van der Waals surface area (Å²) in [6.07, 6.45) is 2.00. The van der Waals surface area contributed by atoms with Gasteiger partial charge in [-0.1, -0.05) is 17.7 Å². The number of benzene rings is 1. The minimum absolute atomic E-state index is 0.0844. The highest BCUT2D eigenvalue weighted by molar-refractivity contribution is 5.94. The molecule has 0 spiro atoms. The van der Waals surface area contributed by atoms with E-state index in [-0.39, 0.29) is 11.9 Å². The van der Waals surface area contributed by atoms with Gasteiger partial charge in [-0.25, -0.2) is 0 Å². The predicted molar refractivity (Wildman–Crippen MR) is 81.6 cm³/mol. The van der Waals surface area contributed by atoms with Gasteiger partial charge in [0.15, 0.2) is 0 Å². The smallest absolute Gasteiger partial charge is 0.254 e. The van der Waals surface area contributed by atoms with Gasteiger partial charge in [-0.2, -0.15) is 0 Å². The number of aromatic nitrogens is 1. The van der Waals surface area contributed by atoms with E-state index in [1.54, 1.807) is 0 Å². The number of amides is 1. The molecule has 0 saturated heterocycles. The summed E-state index contributed by atoms with van der Waals surface area (Å²) in [6, 6.07) is 12.0. The van der Waals surface area contributed by atoms with Crippen molar-refractivity contribution in [1.29, 1.82) is 0 Å². The van der Waals surface area contributed by atoms with Crippen LogP contribution in [0.3, 0.4) is 0 Å². The molecule has 0 aliphatic rings. The van der Waals surface area contributed by atoms with E-state index in [1.165, 1.54) is 5.56 Å². The van der Waals surface area contributed by atoms with Crippen LogP contribution in [0.4, 0.5) is 0 Å². The minimum Gasteiger partial charge on any atom is -0.353 e. The summed E-state index contributed by atoms with van der Waals surface area (Å²) < 4.78 is 2.05. The highest BCUT2D eigenvalue weighted by Crippen LogP contribution is 2.14. The van der Waals surface area contributed by atoms with Crippen LogP contribution in [0.15, 0.2) is 42.6 Å². The molecule has 0 aliphatic carbocycles. The van der Waals surface area contributed by atoms with E-state index in [1.807, 2.05) is 55.4 Å². The Labute approximate surface area is 120 Å². The fourth-order valence-corrected chi connectivity index (χ4v) is 2.19. The molecule has 2 rings (SSSR count). The van der Waals surface area contributed by atoms with Gasteiger partial charge in [-0.15, -0.1) is 0 Å². The van der Waals surface area contributed by atoms with E-state index >= 15 is 0 Å². The zero-order valence-electron chi connectivity index (χ0n) is 12.6. The molecule has 0 atom stereocenters. The second-order valence-electron chi connectivity index (χ2n) is 5.50. The Morgan fingerprint density at radius 1 is 1.20 bits per heavy atom. The predicted octanol–water partition coefficient (Wildman–Crippen LogP) is 3.38. The molecule has 20 heavy (non-hydrogen) atoms. The minimum atomic E-state index is 0.0844. The van der Waals surface area contributed by atoms with Crippen molar-refractivity contribution in [3.8, 4) is 0 Å². The number of carbonyl (C=O) groups is 1. The van der Waals surface area contributed by atoms with Crippen LogP contribution in [0.25, 0.3) is 0 Å². The molecule has 106 valence electrons. The molecule has 3 heteroatoms. The molecule has 0 aliphatic heterocycles. The number of hydrogen-bond acceptors (Lipinski definition) is 1. The molecule has 1 heterocycles.